The number of rotatable bonds is 6. The average Bonchev–Trinajstić information content (AvgIpc) is 3.20. The molecule has 0 radical (unpaired) electrons. The first-order valence-corrected chi connectivity index (χ1v) is 12.9. The van der Waals surface area contributed by atoms with E-state index < -0.39 is 28.5 Å². The maximum atomic E-state index is 12.7. The van der Waals surface area contributed by atoms with Gasteiger partial charge in [0.25, 0.3) is 5.91 Å². The van der Waals surface area contributed by atoms with Gasteiger partial charge < -0.3 is 14.8 Å². The average molecular weight is 490 g/mol. The summed E-state index contributed by atoms with van der Waals surface area (Å²) < 4.78 is 36.9. The molecule has 1 amide bonds. The smallest absolute Gasteiger partial charge is 0.338 e. The molecule has 11 heteroatoms. The number of amides is 1. The Balaban J connectivity index is 1.35. The van der Waals surface area contributed by atoms with E-state index in [1.807, 2.05) is 0 Å². The Bertz CT molecular complexity index is 1190. The number of morpholine rings is 1. The molecule has 1 N–H and O–H groups in total. The first kappa shape index (κ1) is 23.4. The molecular formula is C22H23N3O6S2. The largest absolute Gasteiger partial charge is 0.452 e. The van der Waals surface area contributed by atoms with Crippen molar-refractivity contribution in [3.8, 4) is 6.07 Å². The number of esters is 1. The summed E-state index contributed by atoms with van der Waals surface area (Å²) in [5.74, 6) is -1.28. The molecule has 2 aliphatic rings. The quantitative estimate of drug-likeness (QED) is 0.617. The topological polar surface area (TPSA) is 126 Å². The van der Waals surface area contributed by atoms with Crippen LogP contribution in [0.15, 0.2) is 29.2 Å². The van der Waals surface area contributed by atoms with Crippen LogP contribution in [0.5, 0.6) is 0 Å². The number of nitriles is 1. The van der Waals surface area contributed by atoms with Crippen LogP contribution < -0.4 is 5.32 Å². The van der Waals surface area contributed by atoms with Crippen LogP contribution in [0.3, 0.4) is 0 Å². The Hall–Kier alpha value is -2.78. The number of nitrogens with one attached hydrogen (secondary N) is 1. The van der Waals surface area contributed by atoms with Crippen molar-refractivity contribution >= 4 is 38.2 Å². The number of fused-ring (bicyclic) bond motifs is 1. The Kier molecular flexibility index (Phi) is 7.09. The molecule has 1 saturated heterocycles. The molecule has 1 aliphatic carbocycles. The van der Waals surface area contributed by atoms with Crippen LogP contribution in [-0.4, -0.2) is 57.5 Å². The number of hydrogen-bond acceptors (Lipinski definition) is 8. The summed E-state index contributed by atoms with van der Waals surface area (Å²) in [6, 6.07) is 7.57. The van der Waals surface area contributed by atoms with Gasteiger partial charge in [0.2, 0.25) is 10.0 Å². The molecule has 4 rings (SSSR count). The van der Waals surface area contributed by atoms with Crippen LogP contribution in [0, 0.1) is 11.3 Å². The van der Waals surface area contributed by atoms with Gasteiger partial charge >= 0.3 is 5.97 Å². The third-order valence-corrected chi connectivity index (χ3v) is 8.69. The predicted molar refractivity (Wildman–Crippen MR) is 121 cm³/mol. The lowest BCUT2D eigenvalue weighted by Gasteiger charge is -2.26. The van der Waals surface area contributed by atoms with Crippen molar-refractivity contribution in [2.24, 2.45) is 0 Å². The highest BCUT2D eigenvalue weighted by molar-refractivity contribution is 7.89. The van der Waals surface area contributed by atoms with E-state index in [1.54, 1.807) is 0 Å². The van der Waals surface area contributed by atoms with Gasteiger partial charge in [0.15, 0.2) is 6.61 Å². The summed E-state index contributed by atoms with van der Waals surface area (Å²) in [6.07, 6.45) is 3.82. The number of hydrogen-bond donors (Lipinski definition) is 1. The van der Waals surface area contributed by atoms with E-state index in [-0.39, 0.29) is 23.5 Å². The molecule has 1 aliphatic heterocycles. The Morgan fingerprint density at radius 1 is 1.15 bits per heavy atom. The zero-order valence-electron chi connectivity index (χ0n) is 17.8. The number of ether oxygens (including phenoxy) is 2. The number of thiophene rings is 1. The minimum absolute atomic E-state index is 0.0735. The normalized spacial score (nSPS) is 16.5. The molecule has 2 heterocycles. The van der Waals surface area contributed by atoms with Crippen LogP contribution in [-0.2, 0) is 37.1 Å². The number of aryl methyl sites for hydroxylation is 1. The van der Waals surface area contributed by atoms with E-state index in [4.69, 9.17) is 9.47 Å². The third-order valence-electron chi connectivity index (χ3n) is 5.57. The highest BCUT2D eigenvalue weighted by atomic mass is 32.2. The van der Waals surface area contributed by atoms with Gasteiger partial charge in [0.1, 0.15) is 11.1 Å². The van der Waals surface area contributed by atoms with Crippen molar-refractivity contribution < 1.29 is 27.5 Å². The highest BCUT2D eigenvalue weighted by Crippen LogP contribution is 2.37. The number of sulfonamides is 1. The van der Waals surface area contributed by atoms with Crippen molar-refractivity contribution in [1.29, 1.82) is 5.26 Å². The fourth-order valence-corrected chi connectivity index (χ4v) is 6.51. The van der Waals surface area contributed by atoms with E-state index in [9.17, 15) is 23.3 Å². The Labute approximate surface area is 196 Å². The standard InChI is InChI=1S/C22H23N3O6S2/c23-13-18-17-3-1-2-4-19(17)32-21(18)24-20(26)14-31-22(27)15-5-7-16(8-6-15)33(28,29)25-9-11-30-12-10-25/h5-8H,1-4,9-12,14H2,(H,24,26). The molecule has 2 aromatic rings. The van der Waals surface area contributed by atoms with Gasteiger partial charge in [-0.1, -0.05) is 0 Å². The molecular weight excluding hydrogens is 466 g/mol. The minimum Gasteiger partial charge on any atom is -0.452 e. The minimum atomic E-state index is -3.66. The van der Waals surface area contributed by atoms with Crippen molar-refractivity contribution in [3.63, 3.8) is 0 Å². The molecule has 33 heavy (non-hydrogen) atoms. The summed E-state index contributed by atoms with van der Waals surface area (Å²) >= 11 is 1.40. The monoisotopic (exact) mass is 489 g/mol. The fourth-order valence-electron chi connectivity index (χ4n) is 3.85. The molecule has 9 nitrogen and oxygen atoms in total. The summed E-state index contributed by atoms with van der Waals surface area (Å²) in [5.41, 5.74) is 1.63. The lowest BCUT2D eigenvalue weighted by Crippen LogP contribution is -2.40. The molecule has 0 unspecified atom stereocenters. The number of benzene rings is 1. The first-order valence-electron chi connectivity index (χ1n) is 10.6. The number of carbonyl (C=O) groups is 2. The summed E-state index contributed by atoms with van der Waals surface area (Å²) in [4.78, 5) is 25.8. The van der Waals surface area contributed by atoms with Gasteiger partial charge in [0.05, 0.1) is 29.2 Å². The van der Waals surface area contributed by atoms with Crippen LogP contribution in [0.2, 0.25) is 0 Å². The van der Waals surface area contributed by atoms with Crippen LogP contribution in [0.1, 0.15) is 39.2 Å². The van der Waals surface area contributed by atoms with Gasteiger partial charge in [0, 0.05) is 18.0 Å². The van der Waals surface area contributed by atoms with Gasteiger partial charge in [-0.2, -0.15) is 9.57 Å². The molecule has 1 aromatic carbocycles. The molecule has 174 valence electrons. The van der Waals surface area contributed by atoms with Crippen LogP contribution >= 0.6 is 11.3 Å². The van der Waals surface area contributed by atoms with E-state index in [0.29, 0.717) is 23.8 Å². The third kappa shape index (κ3) is 5.09. The maximum Gasteiger partial charge on any atom is 0.338 e. The van der Waals surface area contributed by atoms with Crippen molar-refractivity contribution in [2.45, 2.75) is 30.6 Å². The fraction of sp³-hybridized carbons (Fsp3) is 0.409. The van der Waals surface area contributed by atoms with E-state index in [2.05, 4.69) is 11.4 Å². The number of nitrogens with zero attached hydrogens (tertiary/aromatic N) is 2. The molecule has 0 atom stereocenters. The highest BCUT2D eigenvalue weighted by Gasteiger charge is 2.26. The second-order valence-corrected chi connectivity index (χ2v) is 10.7. The van der Waals surface area contributed by atoms with E-state index in [0.717, 1.165) is 36.1 Å². The summed E-state index contributed by atoms with van der Waals surface area (Å²) in [7, 11) is -3.66. The number of anilines is 1. The number of carbonyl (C=O) groups excluding carboxylic acids is 2. The van der Waals surface area contributed by atoms with E-state index in [1.165, 1.54) is 39.9 Å². The first-order chi connectivity index (χ1) is 15.9. The molecule has 0 spiro atoms. The van der Waals surface area contributed by atoms with Crippen molar-refractivity contribution in [1.82, 2.24) is 4.31 Å². The second kappa shape index (κ2) is 10.0. The summed E-state index contributed by atoms with van der Waals surface area (Å²) in [6.45, 7) is 0.732. The van der Waals surface area contributed by atoms with Gasteiger partial charge in [-0.15, -0.1) is 11.3 Å². The van der Waals surface area contributed by atoms with Gasteiger partial charge in [-0.25, -0.2) is 13.2 Å². The zero-order chi connectivity index (χ0) is 23.4. The van der Waals surface area contributed by atoms with Gasteiger partial charge in [-0.3, -0.25) is 4.79 Å². The molecule has 1 fully saturated rings. The van der Waals surface area contributed by atoms with Crippen molar-refractivity contribution in [3.05, 3.63) is 45.8 Å². The lowest BCUT2D eigenvalue weighted by molar-refractivity contribution is -0.119. The van der Waals surface area contributed by atoms with Crippen LogP contribution in [0.25, 0.3) is 0 Å². The SMILES string of the molecule is N#Cc1c(NC(=O)COC(=O)c2ccc(S(=O)(=O)N3CCOCC3)cc2)sc2c1CCCC2. The van der Waals surface area contributed by atoms with Gasteiger partial charge in [-0.05, 0) is 55.5 Å². The Morgan fingerprint density at radius 2 is 1.85 bits per heavy atom. The molecule has 1 aromatic heterocycles. The van der Waals surface area contributed by atoms with E-state index >= 15 is 0 Å². The molecule has 0 bridgehead atoms. The zero-order valence-corrected chi connectivity index (χ0v) is 19.5. The Morgan fingerprint density at radius 3 is 2.55 bits per heavy atom. The lowest BCUT2D eigenvalue weighted by atomic mass is 9.96. The molecule has 0 saturated carbocycles. The van der Waals surface area contributed by atoms with Crippen molar-refractivity contribution in [2.75, 3.05) is 38.2 Å². The maximum absolute atomic E-state index is 12.7. The second-order valence-electron chi connectivity index (χ2n) is 7.69. The van der Waals surface area contributed by atoms with Crippen LogP contribution in [0.4, 0.5) is 5.00 Å². The predicted octanol–water partition coefficient (Wildman–Crippen LogP) is 2.31. The summed E-state index contributed by atoms with van der Waals surface area (Å²) in [5, 5.41) is 12.6.